The maximum absolute atomic E-state index is 12.4. The summed E-state index contributed by atoms with van der Waals surface area (Å²) in [4.78, 5) is 0. The van der Waals surface area contributed by atoms with Crippen LogP contribution in [-0.2, 0) is 12.8 Å². The van der Waals surface area contributed by atoms with Crippen LogP contribution in [0.25, 0.3) is 0 Å². The minimum Gasteiger partial charge on any atom is -0.487 e. The Morgan fingerprint density at radius 2 is 2.06 bits per heavy atom. The predicted molar refractivity (Wildman–Crippen MR) is 58.8 cm³/mol. The Labute approximate surface area is 101 Å². The number of nitrogens with zero attached hydrogens (tertiary/aromatic N) is 1. The second-order valence-electron chi connectivity index (χ2n) is 3.63. The van der Waals surface area contributed by atoms with Crippen LogP contribution in [0.15, 0.2) is 30.3 Å². The van der Waals surface area contributed by atoms with E-state index < -0.39 is 11.7 Å². The molecule has 2 rings (SSSR count). The van der Waals surface area contributed by atoms with E-state index in [4.69, 9.17) is 10.5 Å². The van der Waals surface area contributed by atoms with Gasteiger partial charge in [-0.25, -0.2) is 0 Å². The van der Waals surface area contributed by atoms with Gasteiger partial charge < -0.3 is 10.5 Å². The fourth-order valence-corrected chi connectivity index (χ4v) is 1.38. The number of nitrogens with one attached hydrogen (secondary N) is 1. The quantitative estimate of drug-likeness (QED) is 0.888. The van der Waals surface area contributed by atoms with Crippen molar-refractivity contribution >= 4 is 5.82 Å². The average Bonchev–Trinajstić information content (AvgIpc) is 2.72. The molecule has 0 saturated carbocycles. The predicted octanol–water partition coefficient (Wildman–Crippen LogP) is 2.59. The van der Waals surface area contributed by atoms with E-state index in [2.05, 4.69) is 10.2 Å². The summed E-state index contributed by atoms with van der Waals surface area (Å²) in [7, 11) is 0. The van der Waals surface area contributed by atoms with Gasteiger partial charge in [0, 0.05) is 6.07 Å². The number of H-pyrrole nitrogens is 1. The van der Waals surface area contributed by atoms with Crippen molar-refractivity contribution in [3.63, 3.8) is 0 Å². The number of hydrogen-bond donors (Lipinski definition) is 2. The number of ether oxygens (including phenoxy) is 1. The van der Waals surface area contributed by atoms with Crippen molar-refractivity contribution in [1.82, 2.24) is 10.2 Å². The molecule has 18 heavy (non-hydrogen) atoms. The summed E-state index contributed by atoms with van der Waals surface area (Å²) >= 11 is 0. The van der Waals surface area contributed by atoms with E-state index in [1.165, 1.54) is 12.1 Å². The molecule has 2 aromatic rings. The number of aromatic amines is 1. The first-order chi connectivity index (χ1) is 8.45. The Kier molecular flexibility index (Phi) is 3.14. The zero-order valence-corrected chi connectivity index (χ0v) is 9.16. The molecule has 4 nitrogen and oxygen atoms in total. The van der Waals surface area contributed by atoms with Gasteiger partial charge in [0.1, 0.15) is 18.2 Å². The topological polar surface area (TPSA) is 63.9 Å². The number of anilines is 1. The molecule has 0 aliphatic carbocycles. The van der Waals surface area contributed by atoms with Crippen LogP contribution in [0.5, 0.6) is 5.75 Å². The van der Waals surface area contributed by atoms with Crippen molar-refractivity contribution in [1.29, 1.82) is 0 Å². The van der Waals surface area contributed by atoms with E-state index in [1.807, 2.05) is 0 Å². The second kappa shape index (κ2) is 4.59. The minimum absolute atomic E-state index is 0.0749. The highest BCUT2D eigenvalue weighted by molar-refractivity contribution is 5.31. The third-order valence-electron chi connectivity index (χ3n) is 2.21. The summed E-state index contributed by atoms with van der Waals surface area (Å²) in [6.07, 6.45) is -4.38. The first kappa shape index (κ1) is 12.3. The first-order valence-electron chi connectivity index (χ1n) is 5.05. The van der Waals surface area contributed by atoms with Crippen molar-refractivity contribution in [3.8, 4) is 5.75 Å². The fraction of sp³-hybridized carbons (Fsp3) is 0.182. The Morgan fingerprint density at radius 1 is 1.28 bits per heavy atom. The average molecular weight is 257 g/mol. The van der Waals surface area contributed by atoms with Crippen molar-refractivity contribution < 1.29 is 17.9 Å². The zero-order valence-electron chi connectivity index (χ0n) is 9.16. The van der Waals surface area contributed by atoms with Crippen LogP contribution in [0.1, 0.15) is 11.3 Å². The van der Waals surface area contributed by atoms with Crippen LogP contribution < -0.4 is 10.5 Å². The Hall–Kier alpha value is -2.18. The van der Waals surface area contributed by atoms with Gasteiger partial charge in [-0.1, -0.05) is 6.07 Å². The van der Waals surface area contributed by atoms with E-state index in [0.29, 0.717) is 11.5 Å². The van der Waals surface area contributed by atoms with Crippen LogP contribution in [-0.4, -0.2) is 10.2 Å². The summed E-state index contributed by atoms with van der Waals surface area (Å²) in [5.74, 6) is 0.440. The standard InChI is InChI=1S/C11H10F3N3O/c12-11(13,14)7-2-1-3-9(4-7)18-6-8-5-10(15)17-16-8/h1-5H,6H2,(H3,15,16,17). The SMILES string of the molecule is Nc1cc(COc2cccc(C(F)(F)F)c2)[nH]n1. The highest BCUT2D eigenvalue weighted by atomic mass is 19.4. The van der Waals surface area contributed by atoms with E-state index in [9.17, 15) is 13.2 Å². The smallest absolute Gasteiger partial charge is 0.416 e. The molecule has 1 aromatic carbocycles. The van der Waals surface area contributed by atoms with Crippen molar-refractivity contribution in [3.05, 3.63) is 41.6 Å². The van der Waals surface area contributed by atoms with Crippen LogP contribution >= 0.6 is 0 Å². The fourth-order valence-electron chi connectivity index (χ4n) is 1.38. The van der Waals surface area contributed by atoms with Crippen molar-refractivity contribution in [2.45, 2.75) is 12.8 Å². The summed E-state index contributed by atoms with van der Waals surface area (Å²) in [5.41, 5.74) is 5.22. The number of nitrogens with two attached hydrogens (primary N) is 1. The number of benzene rings is 1. The summed E-state index contributed by atoms with van der Waals surface area (Å²) in [6.45, 7) is 0.0749. The molecule has 0 spiro atoms. The van der Waals surface area contributed by atoms with Gasteiger partial charge in [0.05, 0.1) is 11.3 Å². The van der Waals surface area contributed by atoms with Gasteiger partial charge in [0.15, 0.2) is 0 Å². The van der Waals surface area contributed by atoms with Crippen molar-refractivity contribution in [2.24, 2.45) is 0 Å². The summed E-state index contributed by atoms with van der Waals surface area (Å²) in [6, 6.07) is 6.23. The molecule has 0 aliphatic rings. The first-order valence-corrected chi connectivity index (χ1v) is 5.05. The third-order valence-corrected chi connectivity index (χ3v) is 2.21. The number of aromatic nitrogens is 2. The Balaban J connectivity index is 2.06. The molecule has 1 aromatic heterocycles. The van der Waals surface area contributed by atoms with E-state index in [0.717, 1.165) is 12.1 Å². The molecule has 0 radical (unpaired) electrons. The molecule has 0 aliphatic heterocycles. The van der Waals surface area contributed by atoms with E-state index in [-0.39, 0.29) is 12.4 Å². The lowest BCUT2D eigenvalue weighted by molar-refractivity contribution is -0.137. The number of hydrogen-bond acceptors (Lipinski definition) is 3. The van der Waals surface area contributed by atoms with E-state index >= 15 is 0 Å². The molecule has 0 amide bonds. The van der Waals surface area contributed by atoms with Crippen molar-refractivity contribution in [2.75, 3.05) is 5.73 Å². The summed E-state index contributed by atoms with van der Waals surface area (Å²) < 4.78 is 42.6. The molecule has 0 fully saturated rings. The number of halogens is 3. The number of nitrogen functional groups attached to an aromatic ring is 1. The number of rotatable bonds is 3. The molecule has 0 bridgehead atoms. The third kappa shape index (κ3) is 2.93. The molecule has 0 saturated heterocycles. The molecule has 7 heteroatoms. The van der Waals surface area contributed by atoms with Gasteiger partial charge in [-0.3, -0.25) is 5.10 Å². The van der Waals surface area contributed by atoms with Gasteiger partial charge in [-0.05, 0) is 18.2 Å². The van der Waals surface area contributed by atoms with Crippen LogP contribution in [0.3, 0.4) is 0 Å². The van der Waals surface area contributed by atoms with Gasteiger partial charge in [0.2, 0.25) is 0 Å². The maximum Gasteiger partial charge on any atom is 0.416 e. The molecular formula is C11H10F3N3O. The lowest BCUT2D eigenvalue weighted by Gasteiger charge is -2.09. The Morgan fingerprint density at radius 3 is 2.67 bits per heavy atom. The van der Waals surface area contributed by atoms with Crippen LogP contribution in [0.2, 0.25) is 0 Å². The largest absolute Gasteiger partial charge is 0.487 e. The summed E-state index contributed by atoms with van der Waals surface area (Å²) in [5, 5.41) is 6.28. The van der Waals surface area contributed by atoms with Crippen LogP contribution in [0.4, 0.5) is 19.0 Å². The van der Waals surface area contributed by atoms with Crippen LogP contribution in [0, 0.1) is 0 Å². The second-order valence-corrected chi connectivity index (χ2v) is 3.63. The van der Waals surface area contributed by atoms with Gasteiger partial charge in [-0.15, -0.1) is 0 Å². The Bertz CT molecular complexity index is 536. The highest BCUT2D eigenvalue weighted by Crippen LogP contribution is 2.31. The van der Waals surface area contributed by atoms with E-state index in [1.54, 1.807) is 6.07 Å². The maximum atomic E-state index is 12.4. The molecular weight excluding hydrogens is 247 g/mol. The molecule has 0 unspecified atom stereocenters. The normalized spacial score (nSPS) is 11.5. The molecule has 96 valence electrons. The molecule has 3 N–H and O–H groups in total. The monoisotopic (exact) mass is 257 g/mol. The molecule has 0 atom stereocenters. The number of alkyl halides is 3. The highest BCUT2D eigenvalue weighted by Gasteiger charge is 2.30. The lowest BCUT2D eigenvalue weighted by atomic mass is 10.2. The van der Waals surface area contributed by atoms with Gasteiger partial charge in [-0.2, -0.15) is 18.3 Å². The minimum atomic E-state index is -4.38. The lowest BCUT2D eigenvalue weighted by Crippen LogP contribution is -2.05. The zero-order chi connectivity index (χ0) is 13.2. The molecule has 1 heterocycles. The van der Waals surface area contributed by atoms with Gasteiger partial charge in [0.25, 0.3) is 0 Å². The van der Waals surface area contributed by atoms with Gasteiger partial charge >= 0.3 is 6.18 Å².